The monoisotopic (exact) mass is 367 g/mol. The summed E-state index contributed by atoms with van der Waals surface area (Å²) in [7, 11) is 0. The van der Waals surface area contributed by atoms with Crippen molar-refractivity contribution in [3.8, 4) is 0 Å². The molecule has 1 amide bonds. The van der Waals surface area contributed by atoms with Crippen molar-refractivity contribution < 1.29 is 9.53 Å². The Kier molecular flexibility index (Phi) is 4.98. The van der Waals surface area contributed by atoms with Crippen LogP contribution < -0.4 is 0 Å². The number of carbonyl (C=O) groups excluding carboxylic acids is 1. The van der Waals surface area contributed by atoms with Crippen molar-refractivity contribution >= 4 is 23.3 Å². The highest BCUT2D eigenvalue weighted by atomic mass is 35.5. The molecular formula is C22H22ClNO2. The summed E-state index contributed by atoms with van der Waals surface area (Å²) in [5, 5.41) is 0.747. The number of hydrogen-bond acceptors (Lipinski definition) is 2. The number of hydrogen-bond donors (Lipinski definition) is 0. The van der Waals surface area contributed by atoms with Crippen LogP contribution in [-0.2, 0) is 11.3 Å². The lowest BCUT2D eigenvalue weighted by Gasteiger charge is -2.44. The second kappa shape index (κ2) is 7.55. The maximum atomic E-state index is 12.7. The van der Waals surface area contributed by atoms with Crippen LogP contribution >= 0.6 is 11.6 Å². The van der Waals surface area contributed by atoms with Crippen molar-refractivity contribution in [2.45, 2.75) is 44.4 Å². The third-order valence-electron chi connectivity index (χ3n) is 5.27. The minimum absolute atomic E-state index is 0.122. The number of halogens is 1. The molecule has 2 bridgehead atoms. The zero-order valence-corrected chi connectivity index (χ0v) is 15.4. The van der Waals surface area contributed by atoms with Crippen LogP contribution in [0.3, 0.4) is 0 Å². The van der Waals surface area contributed by atoms with Gasteiger partial charge < -0.3 is 4.74 Å². The third kappa shape index (κ3) is 3.63. The third-order valence-corrected chi connectivity index (χ3v) is 5.52. The van der Waals surface area contributed by atoms with Crippen molar-refractivity contribution in [2.24, 2.45) is 0 Å². The average Bonchev–Trinajstić information content (AvgIpc) is 2.66. The smallest absolute Gasteiger partial charge is 0.410 e. The fourth-order valence-electron chi connectivity index (χ4n) is 3.99. The second-order valence-corrected chi connectivity index (χ2v) is 7.44. The fourth-order valence-corrected chi connectivity index (χ4v) is 4.11. The molecular weight excluding hydrogens is 346 g/mol. The molecule has 26 heavy (non-hydrogen) atoms. The van der Waals surface area contributed by atoms with Crippen LogP contribution in [0.15, 0.2) is 60.7 Å². The predicted octanol–water partition coefficient (Wildman–Crippen LogP) is 5.69. The van der Waals surface area contributed by atoms with E-state index in [9.17, 15) is 4.79 Å². The zero-order chi connectivity index (χ0) is 17.9. The highest BCUT2D eigenvalue weighted by molar-refractivity contribution is 6.30. The Morgan fingerprint density at radius 1 is 1.08 bits per heavy atom. The van der Waals surface area contributed by atoms with Gasteiger partial charge in [0.2, 0.25) is 0 Å². The molecule has 2 aromatic rings. The summed E-state index contributed by atoms with van der Waals surface area (Å²) in [4.78, 5) is 14.7. The SMILES string of the molecule is O=C(OCc1ccccc1)N1C2C=C(c3ccc(Cl)cc3)CC1CCC2. The van der Waals surface area contributed by atoms with Gasteiger partial charge in [-0.1, -0.05) is 60.1 Å². The molecule has 0 radical (unpaired) electrons. The number of carbonyl (C=O) groups is 1. The summed E-state index contributed by atoms with van der Waals surface area (Å²) in [5.74, 6) is 0. The first kappa shape index (κ1) is 17.2. The van der Waals surface area contributed by atoms with Crippen LogP contribution in [0.2, 0.25) is 5.02 Å². The summed E-state index contributed by atoms with van der Waals surface area (Å²) >= 11 is 6.01. The highest BCUT2D eigenvalue weighted by Crippen LogP contribution is 2.37. The Hall–Kier alpha value is -2.26. The Labute approximate surface area is 159 Å². The van der Waals surface area contributed by atoms with E-state index in [2.05, 4.69) is 18.2 Å². The van der Waals surface area contributed by atoms with Gasteiger partial charge in [0.05, 0.1) is 6.04 Å². The van der Waals surface area contributed by atoms with E-state index < -0.39 is 0 Å². The highest BCUT2D eigenvalue weighted by Gasteiger charge is 2.38. The largest absolute Gasteiger partial charge is 0.445 e. The van der Waals surface area contributed by atoms with E-state index >= 15 is 0 Å². The lowest BCUT2D eigenvalue weighted by Crippen LogP contribution is -2.51. The van der Waals surface area contributed by atoms with E-state index in [0.717, 1.165) is 36.3 Å². The van der Waals surface area contributed by atoms with Gasteiger partial charge in [-0.15, -0.1) is 0 Å². The summed E-state index contributed by atoms with van der Waals surface area (Å²) in [6.45, 7) is 0.323. The van der Waals surface area contributed by atoms with Crippen molar-refractivity contribution in [1.82, 2.24) is 4.90 Å². The van der Waals surface area contributed by atoms with Gasteiger partial charge in [0.25, 0.3) is 0 Å². The quantitative estimate of drug-likeness (QED) is 0.697. The van der Waals surface area contributed by atoms with Crippen LogP contribution in [-0.4, -0.2) is 23.1 Å². The van der Waals surface area contributed by atoms with Gasteiger partial charge in [-0.3, -0.25) is 4.90 Å². The molecule has 0 saturated carbocycles. The van der Waals surface area contributed by atoms with Crippen LogP contribution in [0.4, 0.5) is 4.79 Å². The van der Waals surface area contributed by atoms with Gasteiger partial charge in [-0.25, -0.2) is 4.79 Å². The van der Waals surface area contributed by atoms with E-state index in [0.29, 0.717) is 6.61 Å². The molecule has 0 aromatic heterocycles. The minimum atomic E-state index is -0.199. The molecule has 2 atom stereocenters. The molecule has 2 heterocycles. The van der Waals surface area contributed by atoms with Crippen LogP contribution in [0.25, 0.3) is 5.57 Å². The number of piperidine rings is 1. The van der Waals surface area contributed by atoms with E-state index in [1.807, 2.05) is 47.4 Å². The van der Waals surface area contributed by atoms with Crippen LogP contribution in [0.5, 0.6) is 0 Å². The summed E-state index contributed by atoms with van der Waals surface area (Å²) in [6.07, 6.45) is 6.09. The maximum absolute atomic E-state index is 12.7. The van der Waals surface area contributed by atoms with E-state index in [1.54, 1.807) is 0 Å². The Morgan fingerprint density at radius 3 is 2.58 bits per heavy atom. The Bertz CT molecular complexity index is 801. The van der Waals surface area contributed by atoms with Crippen molar-refractivity contribution in [2.75, 3.05) is 0 Å². The molecule has 4 heteroatoms. The van der Waals surface area contributed by atoms with E-state index in [-0.39, 0.29) is 18.2 Å². The molecule has 4 rings (SSSR count). The Morgan fingerprint density at radius 2 is 1.85 bits per heavy atom. The average molecular weight is 368 g/mol. The molecule has 2 aromatic carbocycles. The van der Waals surface area contributed by atoms with Gasteiger partial charge in [-0.05, 0) is 54.5 Å². The molecule has 1 fully saturated rings. The standard InChI is InChI=1S/C22H22ClNO2/c23-19-11-9-17(10-12-19)18-13-20-7-4-8-21(14-18)24(20)22(25)26-15-16-5-2-1-3-6-16/h1-3,5-6,9-13,20-21H,4,7-8,14-15H2. The van der Waals surface area contributed by atoms with E-state index in [4.69, 9.17) is 16.3 Å². The first-order valence-electron chi connectivity index (χ1n) is 9.16. The number of fused-ring (bicyclic) bond motifs is 2. The lowest BCUT2D eigenvalue weighted by atomic mass is 9.83. The van der Waals surface area contributed by atoms with Crippen molar-refractivity contribution in [3.05, 3.63) is 76.8 Å². The first-order valence-corrected chi connectivity index (χ1v) is 9.54. The molecule has 2 unspecified atom stereocenters. The molecule has 0 aliphatic carbocycles. The molecule has 134 valence electrons. The minimum Gasteiger partial charge on any atom is -0.445 e. The molecule has 2 aliphatic rings. The topological polar surface area (TPSA) is 29.5 Å². The van der Waals surface area contributed by atoms with Crippen molar-refractivity contribution in [3.63, 3.8) is 0 Å². The number of amides is 1. The van der Waals surface area contributed by atoms with Gasteiger partial charge in [0, 0.05) is 11.1 Å². The summed E-state index contributed by atoms with van der Waals surface area (Å²) in [6, 6.07) is 18.1. The molecule has 0 spiro atoms. The normalized spacial score (nSPS) is 21.9. The lowest BCUT2D eigenvalue weighted by molar-refractivity contribution is 0.0510. The summed E-state index contributed by atoms with van der Waals surface area (Å²) in [5.41, 5.74) is 3.52. The maximum Gasteiger partial charge on any atom is 0.410 e. The summed E-state index contributed by atoms with van der Waals surface area (Å²) < 4.78 is 5.60. The number of nitrogens with zero attached hydrogens (tertiary/aromatic N) is 1. The van der Waals surface area contributed by atoms with Gasteiger partial charge >= 0.3 is 6.09 Å². The molecule has 3 nitrogen and oxygen atoms in total. The van der Waals surface area contributed by atoms with Crippen LogP contribution in [0.1, 0.15) is 36.8 Å². The van der Waals surface area contributed by atoms with Gasteiger partial charge in [-0.2, -0.15) is 0 Å². The number of ether oxygens (including phenoxy) is 1. The fraction of sp³-hybridized carbons (Fsp3) is 0.318. The first-order chi connectivity index (χ1) is 12.7. The number of rotatable bonds is 3. The second-order valence-electron chi connectivity index (χ2n) is 7.00. The van der Waals surface area contributed by atoms with Crippen LogP contribution in [0, 0.1) is 0 Å². The molecule has 2 aliphatic heterocycles. The van der Waals surface area contributed by atoms with Crippen molar-refractivity contribution in [1.29, 1.82) is 0 Å². The molecule has 1 saturated heterocycles. The van der Waals surface area contributed by atoms with Gasteiger partial charge in [0.15, 0.2) is 0 Å². The zero-order valence-electron chi connectivity index (χ0n) is 14.6. The Balaban J connectivity index is 1.49. The molecule has 0 N–H and O–H groups in total. The van der Waals surface area contributed by atoms with Gasteiger partial charge in [0.1, 0.15) is 6.61 Å². The van der Waals surface area contributed by atoms with E-state index in [1.165, 1.54) is 11.1 Å². The number of benzene rings is 2. The predicted molar refractivity (Wildman–Crippen MR) is 104 cm³/mol.